The van der Waals surface area contributed by atoms with Crippen LogP contribution in [-0.4, -0.2) is 44.8 Å². The van der Waals surface area contributed by atoms with Gasteiger partial charge in [0.1, 0.15) is 23.6 Å². The molecule has 1 aromatic rings. The monoisotopic (exact) mass is 373 g/mol. The van der Waals surface area contributed by atoms with E-state index in [4.69, 9.17) is 9.47 Å². The number of methoxy groups -OCH3 is 1. The number of nitrogens with zero attached hydrogens (tertiary/aromatic N) is 1. The van der Waals surface area contributed by atoms with Crippen molar-refractivity contribution in [2.24, 2.45) is 4.99 Å². The van der Waals surface area contributed by atoms with E-state index >= 15 is 0 Å². The van der Waals surface area contributed by atoms with E-state index in [0.717, 1.165) is 0 Å². The predicted octanol–water partition coefficient (Wildman–Crippen LogP) is 2.30. The Morgan fingerprint density at radius 1 is 1.27 bits per heavy atom. The zero-order valence-electron chi connectivity index (χ0n) is 15.6. The Hall–Kier alpha value is -2.58. The standard InChI is InChI=1S/C17H25F2N3O4/c1-17(2,3)26-14(23)10-22-16(20-4)21-9-11-8-12(24-5)6-7-13(11)25-15(18)19/h6-8,15H,9-10H2,1-5H3,(H2,20,21,22). The average molecular weight is 373 g/mol. The van der Waals surface area contributed by atoms with Crippen molar-refractivity contribution in [2.75, 3.05) is 20.7 Å². The molecule has 0 saturated carbocycles. The second kappa shape index (κ2) is 9.79. The topological polar surface area (TPSA) is 81.2 Å². The number of rotatable bonds is 7. The van der Waals surface area contributed by atoms with Crippen LogP contribution in [0.5, 0.6) is 11.5 Å². The summed E-state index contributed by atoms with van der Waals surface area (Å²) in [4.78, 5) is 15.7. The van der Waals surface area contributed by atoms with Gasteiger partial charge in [0.2, 0.25) is 0 Å². The molecule has 0 aliphatic rings. The fraction of sp³-hybridized carbons (Fsp3) is 0.529. The molecule has 26 heavy (non-hydrogen) atoms. The normalized spacial score (nSPS) is 11.9. The third-order valence-electron chi connectivity index (χ3n) is 2.97. The summed E-state index contributed by atoms with van der Waals surface area (Å²) in [6, 6.07) is 4.50. The summed E-state index contributed by atoms with van der Waals surface area (Å²) in [5, 5.41) is 5.71. The third kappa shape index (κ3) is 8.00. The van der Waals surface area contributed by atoms with E-state index in [1.807, 2.05) is 0 Å². The molecule has 146 valence electrons. The summed E-state index contributed by atoms with van der Waals surface area (Å²) in [6.07, 6.45) is 0. The van der Waals surface area contributed by atoms with Crippen molar-refractivity contribution < 1.29 is 27.8 Å². The minimum Gasteiger partial charge on any atom is -0.497 e. The molecule has 0 saturated heterocycles. The van der Waals surface area contributed by atoms with Gasteiger partial charge in [0, 0.05) is 19.2 Å². The fourth-order valence-corrected chi connectivity index (χ4v) is 1.96. The van der Waals surface area contributed by atoms with Crippen molar-refractivity contribution in [3.8, 4) is 11.5 Å². The molecule has 0 aliphatic heterocycles. The SMILES string of the molecule is CN=C(NCC(=O)OC(C)(C)C)NCc1cc(OC)ccc1OC(F)F. The van der Waals surface area contributed by atoms with Crippen LogP contribution < -0.4 is 20.1 Å². The summed E-state index contributed by atoms with van der Waals surface area (Å²) < 4.78 is 39.8. The van der Waals surface area contributed by atoms with Crippen LogP contribution in [0, 0.1) is 0 Å². The van der Waals surface area contributed by atoms with Gasteiger partial charge in [-0.15, -0.1) is 0 Å². The Balaban J connectivity index is 2.69. The number of aliphatic imine (C=N–C) groups is 1. The molecule has 0 aromatic heterocycles. The molecule has 0 bridgehead atoms. The lowest BCUT2D eigenvalue weighted by molar-refractivity contribution is -0.153. The molecular formula is C17H25F2N3O4. The van der Waals surface area contributed by atoms with E-state index in [-0.39, 0.29) is 18.8 Å². The molecule has 0 aliphatic carbocycles. The fourth-order valence-electron chi connectivity index (χ4n) is 1.96. The Labute approximate surface area is 151 Å². The predicted molar refractivity (Wildman–Crippen MR) is 93.7 cm³/mol. The first-order valence-corrected chi connectivity index (χ1v) is 7.92. The number of nitrogens with one attached hydrogen (secondary N) is 2. The third-order valence-corrected chi connectivity index (χ3v) is 2.97. The van der Waals surface area contributed by atoms with Crippen LogP contribution >= 0.6 is 0 Å². The highest BCUT2D eigenvalue weighted by molar-refractivity contribution is 5.84. The van der Waals surface area contributed by atoms with Gasteiger partial charge in [-0.1, -0.05) is 0 Å². The molecule has 1 aromatic carbocycles. The molecule has 0 amide bonds. The van der Waals surface area contributed by atoms with Gasteiger partial charge in [0.05, 0.1) is 7.11 Å². The molecule has 0 fully saturated rings. The smallest absolute Gasteiger partial charge is 0.387 e. The van der Waals surface area contributed by atoms with E-state index < -0.39 is 18.2 Å². The maximum atomic E-state index is 12.5. The number of benzene rings is 1. The van der Waals surface area contributed by atoms with Crippen molar-refractivity contribution in [2.45, 2.75) is 39.5 Å². The molecule has 2 N–H and O–H groups in total. The van der Waals surface area contributed by atoms with Gasteiger partial charge < -0.3 is 24.8 Å². The van der Waals surface area contributed by atoms with Crippen molar-refractivity contribution in [3.63, 3.8) is 0 Å². The Kier molecular flexibility index (Phi) is 8.08. The molecular weight excluding hydrogens is 348 g/mol. The molecule has 0 heterocycles. The highest BCUT2D eigenvalue weighted by Crippen LogP contribution is 2.25. The van der Waals surface area contributed by atoms with Crippen molar-refractivity contribution >= 4 is 11.9 Å². The zero-order chi connectivity index (χ0) is 19.7. The van der Waals surface area contributed by atoms with Crippen LogP contribution in [-0.2, 0) is 16.1 Å². The van der Waals surface area contributed by atoms with Crippen LogP contribution in [0.4, 0.5) is 8.78 Å². The first-order valence-electron chi connectivity index (χ1n) is 7.92. The summed E-state index contributed by atoms with van der Waals surface area (Å²) in [5.74, 6) is 0.390. The molecule has 0 unspecified atom stereocenters. The minimum atomic E-state index is -2.94. The van der Waals surface area contributed by atoms with Crippen LogP contribution in [0.3, 0.4) is 0 Å². The van der Waals surface area contributed by atoms with Crippen LogP contribution in [0.2, 0.25) is 0 Å². The zero-order valence-corrected chi connectivity index (χ0v) is 15.6. The number of carbonyl (C=O) groups is 1. The van der Waals surface area contributed by atoms with E-state index in [1.165, 1.54) is 26.3 Å². The van der Waals surface area contributed by atoms with E-state index in [2.05, 4.69) is 20.4 Å². The van der Waals surface area contributed by atoms with Gasteiger partial charge in [-0.05, 0) is 39.0 Å². The second-order valence-electron chi connectivity index (χ2n) is 6.22. The lowest BCUT2D eigenvalue weighted by Gasteiger charge is -2.20. The van der Waals surface area contributed by atoms with Gasteiger partial charge in [0.15, 0.2) is 5.96 Å². The van der Waals surface area contributed by atoms with Gasteiger partial charge >= 0.3 is 12.6 Å². The summed E-state index contributed by atoms with van der Waals surface area (Å²) in [7, 11) is 2.99. The molecule has 1 rings (SSSR count). The Morgan fingerprint density at radius 2 is 1.96 bits per heavy atom. The number of guanidine groups is 1. The lowest BCUT2D eigenvalue weighted by Crippen LogP contribution is -2.41. The number of ether oxygens (including phenoxy) is 3. The summed E-state index contributed by atoms with van der Waals surface area (Å²) in [6.45, 7) is 2.41. The number of alkyl halides is 2. The molecule has 0 radical (unpaired) electrons. The van der Waals surface area contributed by atoms with Gasteiger partial charge in [0.25, 0.3) is 0 Å². The van der Waals surface area contributed by atoms with Gasteiger partial charge in [-0.2, -0.15) is 8.78 Å². The van der Waals surface area contributed by atoms with E-state index in [1.54, 1.807) is 26.8 Å². The lowest BCUT2D eigenvalue weighted by atomic mass is 10.2. The number of hydrogen-bond acceptors (Lipinski definition) is 5. The first-order chi connectivity index (χ1) is 12.1. The minimum absolute atomic E-state index is 0.0240. The van der Waals surface area contributed by atoms with Crippen molar-refractivity contribution in [1.29, 1.82) is 0 Å². The molecule has 7 nitrogen and oxygen atoms in total. The van der Waals surface area contributed by atoms with Gasteiger partial charge in [-0.3, -0.25) is 9.79 Å². The summed E-state index contributed by atoms with van der Waals surface area (Å²) in [5.41, 5.74) is -0.137. The molecule has 9 heteroatoms. The summed E-state index contributed by atoms with van der Waals surface area (Å²) >= 11 is 0. The van der Waals surface area contributed by atoms with Crippen molar-refractivity contribution in [1.82, 2.24) is 10.6 Å². The molecule has 0 spiro atoms. The van der Waals surface area contributed by atoms with Crippen molar-refractivity contribution in [3.05, 3.63) is 23.8 Å². The highest BCUT2D eigenvalue weighted by Gasteiger charge is 2.16. The first kappa shape index (κ1) is 21.5. The Bertz CT molecular complexity index is 631. The maximum absolute atomic E-state index is 12.5. The second-order valence-corrected chi connectivity index (χ2v) is 6.22. The number of hydrogen-bond donors (Lipinski definition) is 2. The number of carbonyl (C=O) groups excluding carboxylic acids is 1. The van der Waals surface area contributed by atoms with Crippen LogP contribution in [0.25, 0.3) is 0 Å². The highest BCUT2D eigenvalue weighted by atomic mass is 19.3. The largest absolute Gasteiger partial charge is 0.497 e. The average Bonchev–Trinajstić information content (AvgIpc) is 2.54. The van der Waals surface area contributed by atoms with Crippen LogP contribution in [0.15, 0.2) is 23.2 Å². The maximum Gasteiger partial charge on any atom is 0.387 e. The number of esters is 1. The van der Waals surface area contributed by atoms with E-state index in [0.29, 0.717) is 17.3 Å². The number of halogens is 2. The Morgan fingerprint density at radius 3 is 2.50 bits per heavy atom. The van der Waals surface area contributed by atoms with Crippen LogP contribution in [0.1, 0.15) is 26.3 Å². The van der Waals surface area contributed by atoms with Gasteiger partial charge in [-0.25, -0.2) is 0 Å². The van der Waals surface area contributed by atoms with E-state index in [9.17, 15) is 13.6 Å². The quantitative estimate of drug-likeness (QED) is 0.434. The molecule has 0 atom stereocenters.